The molecule has 0 aliphatic carbocycles. The Morgan fingerprint density at radius 3 is 2.22 bits per heavy atom. The van der Waals surface area contributed by atoms with Crippen molar-refractivity contribution in [3.8, 4) is 0 Å². The van der Waals surface area contributed by atoms with E-state index in [1.54, 1.807) is 66.7 Å². The Balaban J connectivity index is 1.44. The summed E-state index contributed by atoms with van der Waals surface area (Å²) in [6.07, 6.45) is 1.30. The summed E-state index contributed by atoms with van der Waals surface area (Å²) in [5.74, 6) is -1.75. The van der Waals surface area contributed by atoms with Gasteiger partial charge in [0.1, 0.15) is 11.5 Å². The van der Waals surface area contributed by atoms with Gasteiger partial charge in [-0.1, -0.05) is 48.5 Å². The summed E-state index contributed by atoms with van der Waals surface area (Å²) in [5, 5.41) is 7.98. The Morgan fingerprint density at radius 1 is 0.829 bits per heavy atom. The second kappa shape index (κ2) is 13.6. The van der Waals surface area contributed by atoms with Crippen LogP contribution in [0.5, 0.6) is 0 Å². The van der Waals surface area contributed by atoms with E-state index in [1.807, 2.05) is 39.0 Å². The molecule has 41 heavy (non-hydrogen) atoms. The molecule has 6 nitrogen and oxygen atoms in total. The normalized spacial score (nSPS) is 11.9. The van der Waals surface area contributed by atoms with Crippen LogP contribution in [-0.2, 0) is 9.59 Å². The molecule has 4 aromatic rings. The molecular weight excluding hydrogens is 537 g/mol. The quantitative estimate of drug-likeness (QED) is 0.151. The van der Waals surface area contributed by atoms with Crippen LogP contribution in [0.2, 0.25) is 0 Å². The lowest BCUT2D eigenvalue weighted by Gasteiger charge is -2.15. The zero-order chi connectivity index (χ0) is 29.4. The zero-order valence-electron chi connectivity index (χ0n) is 22.9. The number of aryl methyl sites for hydroxylation is 2. The second-order valence-electron chi connectivity index (χ2n) is 9.45. The van der Waals surface area contributed by atoms with Crippen LogP contribution in [-0.4, -0.2) is 23.0 Å². The van der Waals surface area contributed by atoms with Gasteiger partial charge in [-0.2, -0.15) is 0 Å². The first-order valence-electron chi connectivity index (χ1n) is 13.0. The molecule has 1 atom stereocenters. The fourth-order valence-electron chi connectivity index (χ4n) is 3.87. The molecule has 0 radical (unpaired) electrons. The van der Waals surface area contributed by atoms with Crippen molar-refractivity contribution < 1.29 is 18.8 Å². The number of thioether (sulfide) groups is 1. The molecule has 0 aromatic heterocycles. The number of hydrogen-bond acceptors (Lipinski definition) is 4. The van der Waals surface area contributed by atoms with Crippen LogP contribution in [0, 0.1) is 19.7 Å². The highest BCUT2D eigenvalue weighted by molar-refractivity contribution is 8.00. The van der Waals surface area contributed by atoms with Gasteiger partial charge in [0, 0.05) is 27.4 Å². The van der Waals surface area contributed by atoms with Crippen LogP contribution >= 0.6 is 11.8 Å². The van der Waals surface area contributed by atoms with Crippen molar-refractivity contribution in [2.24, 2.45) is 0 Å². The topological polar surface area (TPSA) is 87.3 Å². The Hall–Kier alpha value is -4.69. The van der Waals surface area contributed by atoms with Gasteiger partial charge >= 0.3 is 0 Å². The minimum absolute atomic E-state index is 0.112. The van der Waals surface area contributed by atoms with E-state index in [1.165, 1.54) is 30.0 Å². The lowest BCUT2D eigenvalue weighted by atomic mass is 10.1. The number of amides is 3. The van der Waals surface area contributed by atoms with Gasteiger partial charge in [0.25, 0.3) is 11.8 Å². The molecule has 0 saturated carbocycles. The number of benzene rings is 4. The highest BCUT2D eigenvalue weighted by atomic mass is 32.2. The predicted octanol–water partition coefficient (Wildman–Crippen LogP) is 6.97. The molecule has 8 heteroatoms. The summed E-state index contributed by atoms with van der Waals surface area (Å²) >= 11 is 1.39. The fourth-order valence-corrected chi connectivity index (χ4v) is 4.74. The summed E-state index contributed by atoms with van der Waals surface area (Å²) in [5.41, 5.74) is 3.72. The van der Waals surface area contributed by atoms with Gasteiger partial charge in [-0.15, -0.1) is 11.8 Å². The number of carbonyl (C=O) groups excluding carboxylic acids is 3. The number of hydrogen-bond donors (Lipinski definition) is 3. The van der Waals surface area contributed by atoms with E-state index in [0.717, 1.165) is 21.7 Å². The molecule has 4 rings (SSSR count). The van der Waals surface area contributed by atoms with Crippen LogP contribution in [0.15, 0.2) is 108 Å². The van der Waals surface area contributed by atoms with Crippen molar-refractivity contribution >= 4 is 46.9 Å². The molecule has 3 amide bonds. The number of halogens is 1. The van der Waals surface area contributed by atoms with Gasteiger partial charge in [-0.3, -0.25) is 14.4 Å². The smallest absolute Gasteiger partial charge is 0.272 e. The maximum atomic E-state index is 14.3. The van der Waals surface area contributed by atoms with Crippen LogP contribution in [0.1, 0.15) is 34.0 Å². The Bertz CT molecular complexity index is 1590. The molecule has 208 valence electrons. The predicted molar refractivity (Wildman–Crippen MR) is 163 cm³/mol. The van der Waals surface area contributed by atoms with Crippen molar-refractivity contribution in [2.45, 2.75) is 30.9 Å². The molecule has 0 heterocycles. The van der Waals surface area contributed by atoms with Crippen molar-refractivity contribution in [1.29, 1.82) is 0 Å². The van der Waals surface area contributed by atoms with Gasteiger partial charge in [0.15, 0.2) is 0 Å². The molecule has 0 aliphatic heterocycles. The van der Waals surface area contributed by atoms with Crippen molar-refractivity contribution in [2.75, 3.05) is 10.6 Å². The van der Waals surface area contributed by atoms with Gasteiger partial charge in [-0.05, 0) is 86.5 Å². The number of rotatable bonds is 9. The van der Waals surface area contributed by atoms with Gasteiger partial charge in [-0.25, -0.2) is 4.39 Å². The van der Waals surface area contributed by atoms with E-state index in [4.69, 9.17) is 0 Å². The maximum Gasteiger partial charge on any atom is 0.272 e. The van der Waals surface area contributed by atoms with E-state index < -0.39 is 17.6 Å². The summed E-state index contributed by atoms with van der Waals surface area (Å²) < 4.78 is 14.3. The van der Waals surface area contributed by atoms with Crippen molar-refractivity contribution in [1.82, 2.24) is 5.32 Å². The van der Waals surface area contributed by atoms with E-state index in [-0.39, 0.29) is 22.4 Å². The average molecular weight is 568 g/mol. The minimum Gasteiger partial charge on any atom is -0.325 e. The molecule has 0 fully saturated rings. The molecule has 0 spiro atoms. The molecule has 0 bridgehead atoms. The molecule has 0 aliphatic rings. The third-order valence-electron chi connectivity index (χ3n) is 6.18. The molecule has 4 aromatic carbocycles. The summed E-state index contributed by atoms with van der Waals surface area (Å²) in [6.45, 7) is 5.75. The molecular formula is C33H30FN3O3S. The molecule has 1 unspecified atom stereocenters. The average Bonchev–Trinajstić information content (AvgIpc) is 2.97. The highest BCUT2D eigenvalue weighted by Crippen LogP contribution is 2.27. The van der Waals surface area contributed by atoms with E-state index >= 15 is 0 Å². The van der Waals surface area contributed by atoms with Crippen molar-refractivity contribution in [3.63, 3.8) is 0 Å². The van der Waals surface area contributed by atoms with E-state index in [9.17, 15) is 18.8 Å². The number of carbonyl (C=O) groups is 3. The third-order valence-corrected chi connectivity index (χ3v) is 7.29. The summed E-state index contributed by atoms with van der Waals surface area (Å²) in [4.78, 5) is 39.6. The monoisotopic (exact) mass is 567 g/mol. The fraction of sp³-hybridized carbons (Fsp3) is 0.121. The minimum atomic E-state index is -0.612. The first-order valence-corrected chi connectivity index (χ1v) is 13.9. The van der Waals surface area contributed by atoms with Gasteiger partial charge < -0.3 is 16.0 Å². The van der Waals surface area contributed by atoms with Gasteiger partial charge in [0.05, 0.1) is 5.25 Å². The maximum absolute atomic E-state index is 14.3. The van der Waals surface area contributed by atoms with Crippen LogP contribution in [0.4, 0.5) is 15.8 Å². The summed E-state index contributed by atoms with van der Waals surface area (Å²) in [6, 6.07) is 27.3. The Morgan fingerprint density at radius 2 is 1.51 bits per heavy atom. The van der Waals surface area contributed by atoms with Gasteiger partial charge in [0.2, 0.25) is 5.91 Å². The van der Waals surface area contributed by atoms with E-state index in [2.05, 4.69) is 16.0 Å². The first kappa shape index (κ1) is 29.3. The van der Waals surface area contributed by atoms with Crippen molar-refractivity contribution in [3.05, 3.63) is 131 Å². The Labute approximate surface area is 243 Å². The SMILES string of the molecule is Cc1ccc(C)c(NC(=O)C(C)Sc2ccc(NC(=O)/C(=C/c3ccccc3F)NC(=O)c3ccccc3)cc2)c1. The number of nitrogens with one attached hydrogen (secondary N) is 3. The van der Waals surface area contributed by atoms with Crippen LogP contribution in [0.25, 0.3) is 6.08 Å². The third kappa shape index (κ3) is 8.16. The Kier molecular flexibility index (Phi) is 9.71. The number of anilines is 2. The lowest BCUT2D eigenvalue weighted by Crippen LogP contribution is -2.30. The zero-order valence-corrected chi connectivity index (χ0v) is 23.7. The molecule has 3 N–H and O–H groups in total. The standard InChI is InChI=1S/C33H30FN3O3S/c1-21-13-14-22(2)29(19-21)36-31(38)23(3)41-27-17-15-26(16-18-27)35-33(40)30(20-25-11-7-8-12-28(25)34)37-32(39)24-9-5-4-6-10-24/h4-20,23H,1-3H3,(H,35,40)(H,36,38)(H,37,39)/b30-20-. The lowest BCUT2D eigenvalue weighted by molar-refractivity contribution is -0.115. The van der Waals surface area contributed by atoms with Crippen LogP contribution < -0.4 is 16.0 Å². The second-order valence-corrected chi connectivity index (χ2v) is 10.9. The largest absolute Gasteiger partial charge is 0.325 e. The highest BCUT2D eigenvalue weighted by Gasteiger charge is 2.18. The van der Waals surface area contributed by atoms with E-state index in [0.29, 0.717) is 11.3 Å². The first-order chi connectivity index (χ1) is 19.7. The molecule has 0 saturated heterocycles. The van der Waals surface area contributed by atoms with Crippen LogP contribution in [0.3, 0.4) is 0 Å². The summed E-state index contributed by atoms with van der Waals surface area (Å²) in [7, 11) is 0.